The normalized spacial score (nSPS) is 10.9. The largest absolute Gasteiger partial charge is 0.444 e. The molecule has 3 amide bonds. The molecule has 0 saturated heterocycles. The molecule has 0 fully saturated rings. The van der Waals surface area contributed by atoms with E-state index in [9.17, 15) is 14.4 Å². The molecule has 8 nitrogen and oxygen atoms in total. The summed E-state index contributed by atoms with van der Waals surface area (Å²) in [6.45, 7) is 4.49. The number of anilines is 1. The number of hydrogen-bond acceptors (Lipinski definition) is 4. The number of nitrogens with zero attached hydrogens (tertiary/aromatic N) is 1. The molecular weight excluding hydrogens is 480 g/mol. The van der Waals surface area contributed by atoms with E-state index in [4.69, 9.17) is 4.74 Å². The molecule has 3 aromatic carbocycles. The van der Waals surface area contributed by atoms with Crippen LogP contribution in [-0.2, 0) is 29.2 Å². The van der Waals surface area contributed by atoms with Crippen LogP contribution in [0.5, 0.6) is 0 Å². The summed E-state index contributed by atoms with van der Waals surface area (Å²) in [5.41, 5.74) is 3.89. The Morgan fingerprint density at radius 3 is 2.16 bits per heavy atom. The number of hydrogen-bond donors (Lipinski definition) is 3. The fourth-order valence-corrected chi connectivity index (χ4v) is 3.89. The monoisotopic (exact) mass is 517 g/mol. The van der Waals surface area contributed by atoms with Gasteiger partial charge in [0, 0.05) is 18.5 Å². The first kappa shape index (κ1) is 28.4. The van der Waals surface area contributed by atoms with Crippen LogP contribution >= 0.6 is 0 Å². The minimum Gasteiger partial charge on any atom is -0.444 e. The third-order valence-corrected chi connectivity index (χ3v) is 6.07. The van der Waals surface area contributed by atoms with Gasteiger partial charge < -0.3 is 19.9 Å². The zero-order chi connectivity index (χ0) is 27.4. The summed E-state index contributed by atoms with van der Waals surface area (Å²) in [5, 5.41) is 8.52. The van der Waals surface area contributed by atoms with E-state index in [1.54, 1.807) is 24.3 Å². The molecule has 0 spiro atoms. The second kappa shape index (κ2) is 13.9. The Labute approximate surface area is 224 Å². The van der Waals surface area contributed by atoms with E-state index < -0.39 is 6.09 Å². The van der Waals surface area contributed by atoms with Gasteiger partial charge in [-0.2, -0.15) is 0 Å². The lowest BCUT2D eigenvalue weighted by molar-refractivity contribution is -0.902. The lowest BCUT2D eigenvalue weighted by atomic mass is 10.1. The van der Waals surface area contributed by atoms with Crippen LogP contribution < -0.4 is 16.0 Å². The molecule has 0 aliphatic rings. The summed E-state index contributed by atoms with van der Waals surface area (Å²) >= 11 is 0. The zero-order valence-corrected chi connectivity index (χ0v) is 22.3. The molecule has 0 bridgehead atoms. The summed E-state index contributed by atoms with van der Waals surface area (Å²) in [5.74, 6) is -0.224. The van der Waals surface area contributed by atoms with Gasteiger partial charge in [-0.1, -0.05) is 73.7 Å². The molecule has 0 aliphatic heterocycles. The van der Waals surface area contributed by atoms with E-state index in [0.717, 1.165) is 24.2 Å². The van der Waals surface area contributed by atoms with Crippen molar-refractivity contribution in [3.05, 3.63) is 101 Å². The second-order valence-electron chi connectivity index (χ2n) is 9.75. The van der Waals surface area contributed by atoms with E-state index >= 15 is 0 Å². The van der Waals surface area contributed by atoms with Gasteiger partial charge in [-0.05, 0) is 23.3 Å². The highest BCUT2D eigenvalue weighted by Crippen LogP contribution is 2.16. The highest BCUT2D eigenvalue weighted by molar-refractivity contribution is 6.02. The fraction of sp³-hybridized carbons (Fsp3) is 0.300. The van der Waals surface area contributed by atoms with Crippen molar-refractivity contribution in [2.45, 2.75) is 33.0 Å². The Bertz CT molecular complexity index is 1210. The predicted octanol–water partition coefficient (Wildman–Crippen LogP) is 4.47. The predicted molar refractivity (Wildman–Crippen MR) is 148 cm³/mol. The van der Waals surface area contributed by atoms with Crippen LogP contribution in [0.1, 0.15) is 40.4 Å². The maximum atomic E-state index is 12.9. The van der Waals surface area contributed by atoms with Crippen molar-refractivity contribution in [2.75, 3.05) is 32.5 Å². The lowest BCUT2D eigenvalue weighted by Crippen LogP contribution is -2.44. The van der Waals surface area contributed by atoms with Gasteiger partial charge >= 0.3 is 6.09 Å². The van der Waals surface area contributed by atoms with E-state index in [1.165, 1.54) is 5.56 Å². The molecule has 0 atom stereocenters. The van der Waals surface area contributed by atoms with Gasteiger partial charge in [-0.25, -0.2) is 4.79 Å². The summed E-state index contributed by atoms with van der Waals surface area (Å²) in [6, 6.07) is 24.5. The number of likely N-dealkylation sites (N-methyl/N-ethyl adjacent to an activating group) is 1. The smallest absolute Gasteiger partial charge is 0.411 e. The molecule has 0 heterocycles. The fourth-order valence-electron chi connectivity index (χ4n) is 3.89. The quantitative estimate of drug-likeness (QED) is 0.309. The Kier molecular flexibility index (Phi) is 10.4. The average molecular weight is 518 g/mol. The van der Waals surface area contributed by atoms with Crippen LogP contribution in [0.25, 0.3) is 0 Å². The molecule has 0 aromatic heterocycles. The molecular formula is C30H37N4O4+. The molecule has 3 rings (SSSR count). The maximum Gasteiger partial charge on any atom is 0.411 e. The zero-order valence-electron chi connectivity index (χ0n) is 22.3. The highest BCUT2D eigenvalue weighted by atomic mass is 16.5. The number of amides is 3. The van der Waals surface area contributed by atoms with Crippen molar-refractivity contribution in [3.63, 3.8) is 0 Å². The number of carbonyl (C=O) groups excluding carboxylic acids is 3. The van der Waals surface area contributed by atoms with Crippen molar-refractivity contribution in [1.29, 1.82) is 0 Å². The van der Waals surface area contributed by atoms with Crippen molar-refractivity contribution >= 4 is 23.6 Å². The van der Waals surface area contributed by atoms with Gasteiger partial charge in [-0.3, -0.25) is 14.9 Å². The standard InChI is InChI=1S/C30H36N4O4/c1-4-28(35)32-20-23-14-16-24(17-15-23)21-34(2,3)19-18-31-29(36)26-12-8-9-13-27(26)33-30(37)38-22-25-10-6-5-7-11-25/h5-17H,4,18-22H2,1-3H3,(H2-,31,32,33,35,36,37)/p+1. The van der Waals surface area contributed by atoms with Crippen molar-refractivity contribution in [1.82, 2.24) is 10.6 Å². The number of ether oxygens (including phenoxy) is 1. The first-order chi connectivity index (χ1) is 18.3. The van der Waals surface area contributed by atoms with Crippen LogP contribution in [-0.4, -0.2) is 49.6 Å². The number of nitrogens with one attached hydrogen (secondary N) is 3. The minimum atomic E-state index is -0.620. The number of para-hydroxylation sites is 1. The molecule has 0 saturated carbocycles. The first-order valence-electron chi connectivity index (χ1n) is 12.8. The van der Waals surface area contributed by atoms with Crippen LogP contribution in [0.2, 0.25) is 0 Å². The van der Waals surface area contributed by atoms with E-state index in [0.29, 0.717) is 35.2 Å². The Morgan fingerprint density at radius 2 is 1.45 bits per heavy atom. The lowest BCUT2D eigenvalue weighted by Gasteiger charge is -2.30. The van der Waals surface area contributed by atoms with Gasteiger partial charge in [0.1, 0.15) is 13.2 Å². The summed E-state index contributed by atoms with van der Waals surface area (Å²) in [7, 11) is 4.22. The van der Waals surface area contributed by atoms with E-state index in [-0.39, 0.29) is 18.4 Å². The van der Waals surface area contributed by atoms with Gasteiger partial charge in [0.2, 0.25) is 5.91 Å². The van der Waals surface area contributed by atoms with Gasteiger partial charge in [-0.15, -0.1) is 0 Å². The minimum absolute atomic E-state index is 0.0373. The molecule has 0 unspecified atom stereocenters. The third-order valence-electron chi connectivity index (χ3n) is 6.07. The van der Waals surface area contributed by atoms with Gasteiger partial charge in [0.15, 0.2) is 0 Å². The highest BCUT2D eigenvalue weighted by Gasteiger charge is 2.18. The molecule has 3 aromatic rings. The molecule has 38 heavy (non-hydrogen) atoms. The number of benzene rings is 3. The molecule has 200 valence electrons. The first-order valence-corrected chi connectivity index (χ1v) is 12.8. The number of carbonyl (C=O) groups is 3. The van der Waals surface area contributed by atoms with Crippen molar-refractivity contribution in [3.8, 4) is 0 Å². The Morgan fingerprint density at radius 1 is 0.789 bits per heavy atom. The molecule has 0 radical (unpaired) electrons. The third kappa shape index (κ3) is 9.37. The Hall–Kier alpha value is -4.17. The van der Waals surface area contributed by atoms with E-state index in [1.807, 2.05) is 49.4 Å². The molecule has 0 aliphatic carbocycles. The summed E-state index contributed by atoms with van der Waals surface area (Å²) < 4.78 is 5.96. The SMILES string of the molecule is CCC(=O)NCc1ccc(C[N+](C)(C)CCNC(=O)c2ccccc2NC(=O)OCc2ccccc2)cc1. The van der Waals surface area contributed by atoms with Gasteiger partial charge in [0.25, 0.3) is 5.91 Å². The topological polar surface area (TPSA) is 96.5 Å². The number of quaternary nitrogens is 1. The second-order valence-corrected chi connectivity index (χ2v) is 9.75. The van der Waals surface area contributed by atoms with E-state index in [2.05, 4.69) is 42.2 Å². The maximum absolute atomic E-state index is 12.9. The van der Waals surface area contributed by atoms with Crippen LogP contribution in [0.3, 0.4) is 0 Å². The Balaban J connectivity index is 1.47. The summed E-state index contributed by atoms with van der Waals surface area (Å²) in [6.07, 6.45) is -0.144. The average Bonchev–Trinajstić information content (AvgIpc) is 2.92. The summed E-state index contributed by atoms with van der Waals surface area (Å²) in [4.78, 5) is 36.6. The van der Waals surface area contributed by atoms with Crippen molar-refractivity contribution in [2.24, 2.45) is 0 Å². The van der Waals surface area contributed by atoms with Crippen LogP contribution in [0.4, 0.5) is 10.5 Å². The van der Waals surface area contributed by atoms with Crippen molar-refractivity contribution < 1.29 is 23.6 Å². The number of rotatable bonds is 12. The van der Waals surface area contributed by atoms with Gasteiger partial charge in [0.05, 0.1) is 38.4 Å². The molecule has 8 heteroatoms. The van der Waals surface area contributed by atoms with Crippen LogP contribution in [0, 0.1) is 0 Å². The van der Waals surface area contributed by atoms with Crippen LogP contribution in [0.15, 0.2) is 78.9 Å². The molecule has 3 N–H and O–H groups in total.